The third-order valence-corrected chi connectivity index (χ3v) is 10.5. The van der Waals surface area contributed by atoms with E-state index < -0.39 is 5.97 Å². The summed E-state index contributed by atoms with van der Waals surface area (Å²) in [5.74, 6) is 1.44. The highest BCUT2D eigenvalue weighted by Crippen LogP contribution is 2.66. The molecule has 0 aromatic heterocycles. The molecule has 6 unspecified atom stereocenters. The van der Waals surface area contributed by atoms with Crippen LogP contribution in [0.4, 0.5) is 0 Å². The van der Waals surface area contributed by atoms with E-state index in [-0.39, 0.29) is 34.8 Å². The maximum absolute atomic E-state index is 12.4. The molecule has 7 heteroatoms. The molecule has 1 aromatic carbocycles. The van der Waals surface area contributed by atoms with E-state index in [0.29, 0.717) is 30.1 Å². The highest BCUT2D eigenvalue weighted by Gasteiger charge is 2.59. The van der Waals surface area contributed by atoms with Gasteiger partial charge in [0, 0.05) is 12.5 Å². The minimum atomic E-state index is -0.975. The first-order chi connectivity index (χ1) is 18.1. The number of carbonyl (C=O) groups excluding carboxylic acids is 2. The van der Waals surface area contributed by atoms with Crippen LogP contribution >= 0.6 is 0 Å². The monoisotopic (exact) mass is 520 g/mol. The van der Waals surface area contributed by atoms with Gasteiger partial charge in [0.1, 0.15) is 5.78 Å². The van der Waals surface area contributed by atoms with E-state index in [4.69, 9.17) is 9.94 Å². The second-order valence-electron chi connectivity index (χ2n) is 12.4. The van der Waals surface area contributed by atoms with Gasteiger partial charge in [-0.2, -0.15) is 0 Å². The zero-order valence-electron chi connectivity index (χ0n) is 22.8. The van der Waals surface area contributed by atoms with Crippen molar-refractivity contribution in [2.24, 2.45) is 39.7 Å². The molecular formula is C31H40N2O5. The summed E-state index contributed by atoms with van der Waals surface area (Å²) in [5.41, 5.74) is 3.79. The summed E-state index contributed by atoms with van der Waals surface area (Å²) in [4.78, 5) is 41.0. The van der Waals surface area contributed by atoms with Crippen LogP contribution in [0.2, 0.25) is 0 Å². The molecule has 1 amide bonds. The zero-order chi connectivity index (χ0) is 27.1. The van der Waals surface area contributed by atoms with E-state index in [2.05, 4.69) is 30.4 Å². The number of carbonyl (C=O) groups is 3. The van der Waals surface area contributed by atoms with Crippen LogP contribution in [0.3, 0.4) is 0 Å². The summed E-state index contributed by atoms with van der Waals surface area (Å²) in [6, 6.07) is 6.41. The second-order valence-corrected chi connectivity index (χ2v) is 12.4. The van der Waals surface area contributed by atoms with E-state index in [9.17, 15) is 14.4 Å². The standard InChI is InChI=1S/C31H40N2O5/c1-19(34)25-10-11-26-24-9-8-22-16-23(12-14-30(22,2)27(24)13-15-31(25,26)3)33-38-18-28(35)32-17-20-4-6-21(7-5-20)29(36)37/h4-7,16,24-27H,8-15,17-18H2,1-3H3,(H,32,35)(H,36,37). The van der Waals surface area contributed by atoms with E-state index >= 15 is 0 Å². The Hall–Kier alpha value is -2.96. The third-order valence-electron chi connectivity index (χ3n) is 10.5. The summed E-state index contributed by atoms with van der Waals surface area (Å²) < 4.78 is 0. The first-order valence-electron chi connectivity index (χ1n) is 14.1. The van der Waals surface area contributed by atoms with Gasteiger partial charge in [0.15, 0.2) is 6.61 Å². The minimum Gasteiger partial charge on any atom is -0.478 e. The van der Waals surface area contributed by atoms with Crippen LogP contribution in [0.15, 0.2) is 41.1 Å². The second kappa shape index (κ2) is 10.3. The first-order valence-corrected chi connectivity index (χ1v) is 14.1. The Labute approximate surface area is 225 Å². The van der Waals surface area contributed by atoms with E-state index in [1.165, 1.54) is 37.0 Å². The summed E-state index contributed by atoms with van der Waals surface area (Å²) in [6.07, 6.45) is 11.0. The molecule has 7 nitrogen and oxygen atoms in total. The molecule has 0 heterocycles. The lowest BCUT2D eigenvalue weighted by Crippen LogP contribution is -2.51. The molecule has 0 spiro atoms. The number of ketones is 1. The van der Waals surface area contributed by atoms with Crippen LogP contribution in [-0.4, -0.2) is 35.1 Å². The summed E-state index contributed by atoms with van der Waals surface area (Å²) in [7, 11) is 0. The zero-order valence-corrected chi connectivity index (χ0v) is 22.8. The Bertz CT molecular complexity index is 1170. The van der Waals surface area contributed by atoms with Crippen LogP contribution < -0.4 is 5.32 Å². The molecule has 2 N–H and O–H groups in total. The Kier molecular flexibility index (Phi) is 7.23. The van der Waals surface area contributed by atoms with Gasteiger partial charge in [0.05, 0.1) is 11.3 Å². The number of aromatic carboxylic acids is 1. The van der Waals surface area contributed by atoms with Crippen LogP contribution in [0.5, 0.6) is 0 Å². The number of nitrogens with zero attached hydrogens (tertiary/aromatic N) is 1. The number of benzene rings is 1. The number of carboxylic acids is 1. The number of amides is 1. The Balaban J connectivity index is 1.16. The van der Waals surface area contributed by atoms with Gasteiger partial charge in [0.25, 0.3) is 5.91 Å². The summed E-state index contributed by atoms with van der Waals surface area (Å²) in [5, 5.41) is 16.1. The van der Waals surface area contributed by atoms with Gasteiger partial charge in [-0.05, 0) is 111 Å². The molecule has 4 aliphatic carbocycles. The number of fused-ring (bicyclic) bond motifs is 5. The normalized spacial score (nSPS) is 34.9. The van der Waals surface area contributed by atoms with Gasteiger partial charge in [-0.3, -0.25) is 9.59 Å². The molecule has 4 aliphatic rings. The predicted octanol–water partition coefficient (Wildman–Crippen LogP) is 5.54. The Morgan fingerprint density at radius 1 is 1.03 bits per heavy atom. The lowest BCUT2D eigenvalue weighted by molar-refractivity contribution is -0.128. The van der Waals surface area contributed by atoms with Crippen molar-refractivity contribution in [2.75, 3.05) is 6.61 Å². The average molecular weight is 521 g/mol. The van der Waals surface area contributed by atoms with Crippen molar-refractivity contribution in [3.63, 3.8) is 0 Å². The third kappa shape index (κ3) is 4.80. The number of allylic oxidation sites excluding steroid dienone is 2. The smallest absolute Gasteiger partial charge is 0.335 e. The number of rotatable bonds is 7. The number of hydrogen-bond donors (Lipinski definition) is 2. The van der Waals surface area contributed by atoms with Crippen molar-refractivity contribution in [1.29, 1.82) is 0 Å². The molecule has 6 atom stereocenters. The lowest BCUT2D eigenvalue weighted by atomic mass is 9.46. The van der Waals surface area contributed by atoms with E-state index in [0.717, 1.165) is 43.4 Å². The molecule has 204 valence electrons. The van der Waals surface area contributed by atoms with Gasteiger partial charge in [-0.1, -0.05) is 36.7 Å². The van der Waals surface area contributed by atoms with Crippen LogP contribution in [0.25, 0.3) is 0 Å². The Morgan fingerprint density at radius 2 is 1.79 bits per heavy atom. The number of Topliss-reactive ketones (excluding diaryl/α,β-unsaturated/α-hetero) is 1. The van der Waals surface area contributed by atoms with Gasteiger partial charge in [-0.25, -0.2) is 4.79 Å². The molecule has 1 aromatic rings. The van der Waals surface area contributed by atoms with Crippen molar-refractivity contribution >= 4 is 23.4 Å². The molecule has 0 saturated heterocycles. The van der Waals surface area contributed by atoms with Gasteiger partial charge >= 0.3 is 5.97 Å². The first kappa shape index (κ1) is 26.6. The van der Waals surface area contributed by atoms with E-state index in [1.807, 2.05) is 0 Å². The van der Waals surface area contributed by atoms with Crippen molar-refractivity contribution in [2.45, 2.75) is 78.7 Å². The predicted molar refractivity (Wildman–Crippen MR) is 145 cm³/mol. The highest BCUT2D eigenvalue weighted by atomic mass is 16.6. The van der Waals surface area contributed by atoms with Crippen molar-refractivity contribution in [3.8, 4) is 0 Å². The molecule has 0 radical (unpaired) electrons. The van der Waals surface area contributed by atoms with Gasteiger partial charge < -0.3 is 15.3 Å². The SMILES string of the molecule is CC(=O)C1CCC2C3CCC4=CC(=NOCC(=O)NCc5ccc(C(=O)O)cc5)CCC4(C)C3CCC12C. The highest BCUT2D eigenvalue weighted by molar-refractivity contribution is 5.96. The molecular weight excluding hydrogens is 480 g/mol. The average Bonchev–Trinajstić information content (AvgIpc) is 3.25. The lowest BCUT2D eigenvalue weighted by Gasteiger charge is -2.58. The van der Waals surface area contributed by atoms with Crippen LogP contribution in [-0.2, 0) is 21.0 Å². The molecule has 3 fully saturated rings. The van der Waals surface area contributed by atoms with Crippen molar-refractivity contribution in [1.82, 2.24) is 5.32 Å². The van der Waals surface area contributed by atoms with E-state index in [1.54, 1.807) is 19.1 Å². The molecule has 38 heavy (non-hydrogen) atoms. The maximum atomic E-state index is 12.4. The van der Waals surface area contributed by atoms with Gasteiger partial charge in [0.2, 0.25) is 0 Å². The van der Waals surface area contributed by atoms with Gasteiger partial charge in [-0.15, -0.1) is 0 Å². The maximum Gasteiger partial charge on any atom is 0.335 e. The Morgan fingerprint density at radius 3 is 2.50 bits per heavy atom. The fourth-order valence-corrected chi connectivity index (χ4v) is 8.50. The number of hydrogen-bond acceptors (Lipinski definition) is 5. The quantitative estimate of drug-likeness (QED) is 0.459. The van der Waals surface area contributed by atoms with Crippen LogP contribution in [0, 0.1) is 34.5 Å². The number of carboxylic acid groups (broad SMARTS) is 1. The van der Waals surface area contributed by atoms with Crippen molar-refractivity contribution in [3.05, 3.63) is 47.0 Å². The minimum absolute atomic E-state index is 0.153. The number of nitrogens with one attached hydrogen (secondary N) is 1. The molecule has 3 saturated carbocycles. The molecule has 5 rings (SSSR count). The topological polar surface area (TPSA) is 105 Å². The number of oxime groups is 1. The largest absolute Gasteiger partial charge is 0.478 e. The van der Waals surface area contributed by atoms with Crippen molar-refractivity contribution < 1.29 is 24.3 Å². The fourth-order valence-electron chi connectivity index (χ4n) is 8.50. The van der Waals surface area contributed by atoms with Crippen LogP contribution in [0.1, 0.15) is 88.1 Å². The molecule has 0 aliphatic heterocycles. The molecule has 0 bridgehead atoms. The summed E-state index contributed by atoms with van der Waals surface area (Å²) >= 11 is 0. The fraction of sp³-hybridized carbons (Fsp3) is 0.613. The summed E-state index contributed by atoms with van der Waals surface area (Å²) in [6.45, 7) is 6.79.